The van der Waals surface area contributed by atoms with Gasteiger partial charge in [0.1, 0.15) is 17.1 Å². The highest BCUT2D eigenvalue weighted by atomic mass is 19.1. The van der Waals surface area contributed by atoms with Crippen LogP contribution < -0.4 is 4.74 Å². The number of methoxy groups -OCH3 is 1. The van der Waals surface area contributed by atoms with E-state index in [9.17, 15) is 19.3 Å². The summed E-state index contributed by atoms with van der Waals surface area (Å²) in [5.74, 6) is -0.255. The Balaban J connectivity index is 1.77. The zero-order valence-electron chi connectivity index (χ0n) is 13.6. The second-order valence-electron chi connectivity index (χ2n) is 5.93. The molecule has 1 heterocycles. The number of nitro groups is 1. The lowest BCUT2D eigenvalue weighted by molar-refractivity contribution is -0.385. The van der Waals surface area contributed by atoms with Gasteiger partial charge in [0.25, 0.3) is 11.6 Å². The Morgan fingerprint density at radius 3 is 2.64 bits per heavy atom. The number of rotatable bonds is 4. The molecule has 1 unspecified atom stereocenters. The number of amides is 1. The molecule has 1 amide bonds. The van der Waals surface area contributed by atoms with Crippen LogP contribution in [0.5, 0.6) is 5.75 Å². The highest BCUT2D eigenvalue weighted by Crippen LogP contribution is 2.31. The summed E-state index contributed by atoms with van der Waals surface area (Å²) in [6.07, 6.45) is 0.771. The summed E-state index contributed by atoms with van der Waals surface area (Å²) in [6, 6.07) is 10.7. The van der Waals surface area contributed by atoms with E-state index in [2.05, 4.69) is 0 Å². The summed E-state index contributed by atoms with van der Waals surface area (Å²) in [5.41, 5.74) is 0.504. The molecule has 7 heteroatoms. The standard InChI is InChI=1S/C18H17FN2O4/c1-25-15-5-2-12(3-6-15)13-8-9-20(11-13)18(22)16-7-4-14(19)10-17(16)21(23)24/h2-7,10,13H,8-9,11H2,1H3. The third-order valence-corrected chi connectivity index (χ3v) is 4.45. The number of halogens is 1. The molecule has 25 heavy (non-hydrogen) atoms. The van der Waals surface area contributed by atoms with E-state index in [-0.39, 0.29) is 11.5 Å². The highest BCUT2D eigenvalue weighted by Gasteiger charge is 2.31. The topological polar surface area (TPSA) is 72.7 Å². The van der Waals surface area contributed by atoms with Gasteiger partial charge in [-0.2, -0.15) is 0 Å². The number of nitro benzene ring substituents is 1. The van der Waals surface area contributed by atoms with Crippen LogP contribution in [0.25, 0.3) is 0 Å². The van der Waals surface area contributed by atoms with Crippen LogP contribution in [0, 0.1) is 15.9 Å². The van der Waals surface area contributed by atoms with Crippen LogP contribution in [0.3, 0.4) is 0 Å². The Kier molecular flexibility index (Phi) is 4.65. The van der Waals surface area contributed by atoms with E-state index >= 15 is 0 Å². The Morgan fingerprint density at radius 2 is 2.00 bits per heavy atom. The summed E-state index contributed by atoms with van der Waals surface area (Å²) in [4.78, 5) is 24.6. The molecule has 0 N–H and O–H groups in total. The lowest BCUT2D eigenvalue weighted by Gasteiger charge is -2.17. The van der Waals surface area contributed by atoms with Gasteiger partial charge in [0.15, 0.2) is 0 Å². The first-order chi connectivity index (χ1) is 12.0. The van der Waals surface area contributed by atoms with Crippen LogP contribution in [-0.4, -0.2) is 35.9 Å². The van der Waals surface area contributed by atoms with Gasteiger partial charge >= 0.3 is 0 Å². The van der Waals surface area contributed by atoms with Gasteiger partial charge in [0.05, 0.1) is 18.1 Å². The Morgan fingerprint density at radius 1 is 1.28 bits per heavy atom. The molecule has 1 aliphatic heterocycles. The van der Waals surface area contributed by atoms with E-state index in [1.807, 2.05) is 24.3 Å². The molecule has 1 atom stereocenters. The molecule has 3 rings (SSSR count). The number of carbonyl (C=O) groups excluding carboxylic acids is 1. The van der Waals surface area contributed by atoms with E-state index < -0.39 is 22.3 Å². The smallest absolute Gasteiger partial charge is 0.285 e. The fourth-order valence-corrected chi connectivity index (χ4v) is 3.10. The van der Waals surface area contributed by atoms with Crippen molar-refractivity contribution in [3.05, 3.63) is 69.5 Å². The van der Waals surface area contributed by atoms with Crippen molar-refractivity contribution >= 4 is 11.6 Å². The minimum atomic E-state index is -0.735. The maximum absolute atomic E-state index is 13.3. The number of carbonyl (C=O) groups is 1. The molecular formula is C18H17FN2O4. The van der Waals surface area contributed by atoms with Gasteiger partial charge in [-0.05, 0) is 36.2 Å². The number of likely N-dealkylation sites (tertiary alicyclic amines) is 1. The number of nitrogens with zero attached hydrogens (tertiary/aromatic N) is 2. The summed E-state index contributed by atoms with van der Waals surface area (Å²) in [5, 5.41) is 11.1. The fourth-order valence-electron chi connectivity index (χ4n) is 3.10. The summed E-state index contributed by atoms with van der Waals surface area (Å²) in [6.45, 7) is 0.976. The van der Waals surface area contributed by atoms with Gasteiger partial charge in [0.2, 0.25) is 0 Å². The van der Waals surface area contributed by atoms with Crippen LogP contribution in [0.2, 0.25) is 0 Å². The van der Waals surface area contributed by atoms with Gasteiger partial charge in [-0.15, -0.1) is 0 Å². The van der Waals surface area contributed by atoms with Gasteiger partial charge in [-0.3, -0.25) is 14.9 Å². The average molecular weight is 344 g/mol. The van der Waals surface area contributed by atoms with Crippen molar-refractivity contribution in [1.29, 1.82) is 0 Å². The van der Waals surface area contributed by atoms with Gasteiger partial charge in [0, 0.05) is 19.0 Å². The quantitative estimate of drug-likeness (QED) is 0.630. The minimum Gasteiger partial charge on any atom is -0.497 e. The van der Waals surface area contributed by atoms with Gasteiger partial charge in [-0.1, -0.05) is 12.1 Å². The fraction of sp³-hybridized carbons (Fsp3) is 0.278. The molecule has 1 saturated heterocycles. The van der Waals surface area contributed by atoms with E-state index in [1.54, 1.807) is 12.0 Å². The van der Waals surface area contributed by atoms with Crippen molar-refractivity contribution < 1.29 is 18.8 Å². The molecule has 0 aliphatic carbocycles. The van der Waals surface area contributed by atoms with E-state index in [1.165, 1.54) is 6.07 Å². The Labute approximate surface area is 144 Å². The molecule has 0 radical (unpaired) electrons. The van der Waals surface area contributed by atoms with Crippen molar-refractivity contribution in [1.82, 2.24) is 4.90 Å². The second-order valence-corrected chi connectivity index (χ2v) is 5.93. The Bertz CT molecular complexity index is 807. The van der Waals surface area contributed by atoms with E-state index in [0.717, 1.165) is 29.9 Å². The molecule has 0 saturated carbocycles. The van der Waals surface area contributed by atoms with Crippen molar-refractivity contribution in [2.24, 2.45) is 0 Å². The molecule has 0 aromatic heterocycles. The maximum Gasteiger partial charge on any atom is 0.285 e. The molecule has 0 spiro atoms. The van der Waals surface area contributed by atoms with Gasteiger partial charge < -0.3 is 9.64 Å². The molecule has 1 aliphatic rings. The highest BCUT2D eigenvalue weighted by molar-refractivity contribution is 5.98. The Hall–Kier alpha value is -2.96. The van der Waals surface area contributed by atoms with Crippen LogP contribution in [-0.2, 0) is 0 Å². The van der Waals surface area contributed by atoms with E-state index in [0.29, 0.717) is 13.1 Å². The molecule has 2 aromatic rings. The monoisotopic (exact) mass is 344 g/mol. The maximum atomic E-state index is 13.3. The minimum absolute atomic E-state index is 0.0817. The first-order valence-electron chi connectivity index (χ1n) is 7.86. The number of hydrogen-bond donors (Lipinski definition) is 0. The predicted octanol–water partition coefficient (Wildman–Crippen LogP) is 3.37. The first-order valence-corrected chi connectivity index (χ1v) is 7.86. The molecule has 2 aromatic carbocycles. The van der Waals surface area contributed by atoms with Crippen LogP contribution >= 0.6 is 0 Å². The van der Waals surface area contributed by atoms with E-state index in [4.69, 9.17) is 4.74 Å². The van der Waals surface area contributed by atoms with Crippen molar-refractivity contribution in [2.45, 2.75) is 12.3 Å². The summed E-state index contributed by atoms with van der Waals surface area (Å²) >= 11 is 0. The summed E-state index contributed by atoms with van der Waals surface area (Å²) in [7, 11) is 1.60. The number of benzene rings is 2. The zero-order chi connectivity index (χ0) is 18.0. The molecule has 1 fully saturated rings. The van der Waals surface area contributed by atoms with Crippen LogP contribution in [0.4, 0.5) is 10.1 Å². The molecule has 6 nitrogen and oxygen atoms in total. The van der Waals surface area contributed by atoms with Crippen molar-refractivity contribution in [3.63, 3.8) is 0 Å². The third kappa shape index (κ3) is 3.45. The summed E-state index contributed by atoms with van der Waals surface area (Å²) < 4.78 is 18.4. The second kappa shape index (κ2) is 6.88. The van der Waals surface area contributed by atoms with Crippen molar-refractivity contribution in [3.8, 4) is 5.75 Å². The number of hydrogen-bond acceptors (Lipinski definition) is 4. The normalized spacial score (nSPS) is 16.7. The lowest BCUT2D eigenvalue weighted by atomic mass is 9.98. The first kappa shape index (κ1) is 16.9. The van der Waals surface area contributed by atoms with Crippen LogP contribution in [0.1, 0.15) is 28.3 Å². The molecule has 130 valence electrons. The van der Waals surface area contributed by atoms with Crippen LogP contribution in [0.15, 0.2) is 42.5 Å². The molecule has 0 bridgehead atoms. The average Bonchev–Trinajstić information content (AvgIpc) is 3.11. The predicted molar refractivity (Wildman–Crippen MR) is 89.3 cm³/mol. The zero-order valence-corrected chi connectivity index (χ0v) is 13.6. The van der Waals surface area contributed by atoms with Gasteiger partial charge in [-0.25, -0.2) is 4.39 Å². The van der Waals surface area contributed by atoms with Crippen molar-refractivity contribution in [2.75, 3.05) is 20.2 Å². The SMILES string of the molecule is COc1ccc(C2CCN(C(=O)c3ccc(F)cc3[N+](=O)[O-])C2)cc1. The largest absolute Gasteiger partial charge is 0.497 e. The lowest BCUT2D eigenvalue weighted by Crippen LogP contribution is -2.29. The number of ether oxygens (including phenoxy) is 1. The third-order valence-electron chi connectivity index (χ3n) is 4.45. The molecular weight excluding hydrogens is 327 g/mol.